The zero-order valence-electron chi connectivity index (χ0n) is 12.4. The van der Waals surface area contributed by atoms with E-state index in [0.29, 0.717) is 17.9 Å². The van der Waals surface area contributed by atoms with Crippen molar-refractivity contribution < 1.29 is 4.79 Å². The van der Waals surface area contributed by atoms with Gasteiger partial charge in [0.15, 0.2) is 0 Å². The predicted molar refractivity (Wildman–Crippen MR) is 82.3 cm³/mol. The number of hydrogen-bond donors (Lipinski definition) is 1. The van der Waals surface area contributed by atoms with Crippen LogP contribution in [-0.4, -0.2) is 16.5 Å². The van der Waals surface area contributed by atoms with Crippen LogP contribution in [-0.2, 0) is 11.3 Å². The molecule has 5 heteroatoms. The molecule has 0 spiro atoms. The lowest BCUT2D eigenvalue weighted by atomic mass is 9.54. The second kappa shape index (κ2) is 4.97. The number of amides is 1. The van der Waals surface area contributed by atoms with Crippen molar-refractivity contribution >= 4 is 17.2 Å². The lowest BCUT2D eigenvalue weighted by molar-refractivity contribution is -0.125. The summed E-state index contributed by atoms with van der Waals surface area (Å²) < 4.78 is 1.58. The minimum absolute atomic E-state index is 0.0103. The van der Waals surface area contributed by atoms with Crippen molar-refractivity contribution in [3.05, 3.63) is 20.7 Å². The lowest BCUT2D eigenvalue weighted by Crippen LogP contribution is -2.56. The van der Waals surface area contributed by atoms with Crippen LogP contribution in [0.3, 0.4) is 0 Å². The number of hydrogen-bond acceptors (Lipinski definition) is 3. The van der Waals surface area contributed by atoms with Gasteiger partial charge >= 0.3 is 4.87 Å². The van der Waals surface area contributed by atoms with E-state index in [1.54, 1.807) is 4.57 Å². The molecule has 0 saturated heterocycles. The van der Waals surface area contributed by atoms with Gasteiger partial charge in [0.1, 0.15) is 6.54 Å². The van der Waals surface area contributed by atoms with Crippen LogP contribution in [0, 0.1) is 30.6 Å². The van der Waals surface area contributed by atoms with Gasteiger partial charge in [-0.15, -0.1) is 0 Å². The maximum absolute atomic E-state index is 12.3. The molecular weight excluding hydrogens is 284 g/mol. The van der Waals surface area contributed by atoms with Gasteiger partial charge < -0.3 is 5.32 Å². The standard InChI is InChI=1S/C16H22N2O2S/c1-9-8-21-16(20)18(9)7-14(19)17-15-12-3-10-2-11(5-12)6-13(15)4-10/h8,10-13,15H,2-7H2,1H3,(H,17,19). The highest BCUT2D eigenvalue weighted by molar-refractivity contribution is 7.07. The molecule has 1 aromatic heterocycles. The summed E-state index contributed by atoms with van der Waals surface area (Å²) in [7, 11) is 0. The van der Waals surface area contributed by atoms with Gasteiger partial charge in [0.25, 0.3) is 0 Å². The average Bonchev–Trinajstić information content (AvgIpc) is 2.74. The molecule has 4 nitrogen and oxygen atoms in total. The molecule has 4 saturated carbocycles. The molecule has 0 aromatic carbocycles. The Balaban J connectivity index is 1.44. The molecule has 21 heavy (non-hydrogen) atoms. The number of nitrogens with one attached hydrogen (secondary N) is 1. The van der Waals surface area contributed by atoms with Gasteiger partial charge in [0, 0.05) is 17.1 Å². The smallest absolute Gasteiger partial charge is 0.307 e. The molecule has 0 atom stereocenters. The maximum atomic E-state index is 12.3. The first-order chi connectivity index (χ1) is 10.1. The molecule has 4 fully saturated rings. The second-order valence-electron chi connectivity index (χ2n) is 7.25. The Morgan fingerprint density at radius 3 is 2.38 bits per heavy atom. The van der Waals surface area contributed by atoms with Crippen LogP contribution in [0.5, 0.6) is 0 Å². The van der Waals surface area contributed by atoms with Crippen molar-refractivity contribution in [3.63, 3.8) is 0 Å². The van der Waals surface area contributed by atoms with Gasteiger partial charge in [-0.1, -0.05) is 11.3 Å². The first kappa shape index (κ1) is 13.6. The van der Waals surface area contributed by atoms with Crippen LogP contribution in [0.2, 0.25) is 0 Å². The fourth-order valence-corrected chi connectivity index (χ4v) is 5.87. The largest absolute Gasteiger partial charge is 0.351 e. The number of carbonyl (C=O) groups is 1. The topological polar surface area (TPSA) is 51.1 Å². The van der Waals surface area contributed by atoms with Gasteiger partial charge in [-0.05, 0) is 62.7 Å². The third-order valence-corrected chi connectivity index (χ3v) is 6.71. The molecule has 0 aliphatic heterocycles. The minimum Gasteiger partial charge on any atom is -0.351 e. The molecule has 4 aliphatic carbocycles. The molecule has 1 aromatic rings. The van der Waals surface area contributed by atoms with Crippen LogP contribution in [0.4, 0.5) is 0 Å². The highest BCUT2D eigenvalue weighted by Gasteiger charge is 2.48. The summed E-state index contributed by atoms with van der Waals surface area (Å²) >= 11 is 1.17. The number of rotatable bonds is 3. The van der Waals surface area contributed by atoms with Crippen LogP contribution in [0.25, 0.3) is 0 Å². The summed E-state index contributed by atoms with van der Waals surface area (Å²) in [4.78, 5) is 24.0. The van der Waals surface area contributed by atoms with Crippen molar-refractivity contribution in [3.8, 4) is 0 Å². The van der Waals surface area contributed by atoms with Crippen molar-refractivity contribution in [1.29, 1.82) is 0 Å². The van der Waals surface area contributed by atoms with Gasteiger partial charge in [0.05, 0.1) is 0 Å². The summed E-state index contributed by atoms with van der Waals surface area (Å²) in [6.45, 7) is 2.06. The number of thiazole rings is 1. The third kappa shape index (κ3) is 2.35. The van der Waals surface area contributed by atoms with E-state index in [2.05, 4.69) is 5.32 Å². The maximum Gasteiger partial charge on any atom is 0.307 e. The van der Waals surface area contributed by atoms with E-state index in [-0.39, 0.29) is 17.3 Å². The van der Waals surface area contributed by atoms with Crippen LogP contribution in [0.1, 0.15) is 37.8 Å². The van der Waals surface area contributed by atoms with Crippen molar-refractivity contribution in [1.82, 2.24) is 9.88 Å². The molecule has 1 heterocycles. The van der Waals surface area contributed by atoms with E-state index < -0.39 is 0 Å². The Hall–Kier alpha value is -1.10. The SMILES string of the molecule is Cc1csc(=O)n1CC(=O)NC1C2CC3CC(C2)CC1C3. The van der Waals surface area contributed by atoms with E-state index in [0.717, 1.165) is 17.5 Å². The van der Waals surface area contributed by atoms with Crippen LogP contribution >= 0.6 is 11.3 Å². The zero-order valence-corrected chi connectivity index (χ0v) is 13.2. The quantitative estimate of drug-likeness (QED) is 0.930. The first-order valence-corrected chi connectivity index (χ1v) is 8.92. The number of aromatic nitrogens is 1. The first-order valence-electron chi connectivity index (χ1n) is 8.04. The summed E-state index contributed by atoms with van der Waals surface area (Å²) in [5.74, 6) is 3.22. The number of aryl methyl sites for hydroxylation is 1. The summed E-state index contributed by atoms with van der Waals surface area (Å²) in [5, 5.41) is 5.08. The molecule has 1 amide bonds. The molecule has 1 N–H and O–H groups in total. The molecule has 4 bridgehead atoms. The highest BCUT2D eigenvalue weighted by Crippen LogP contribution is 2.53. The fourth-order valence-electron chi connectivity index (χ4n) is 5.13. The molecule has 5 rings (SSSR count). The Morgan fingerprint density at radius 1 is 1.24 bits per heavy atom. The second-order valence-corrected chi connectivity index (χ2v) is 8.07. The molecule has 0 radical (unpaired) electrons. The third-order valence-electron chi connectivity index (χ3n) is 5.83. The number of carbonyl (C=O) groups excluding carboxylic acids is 1. The normalized spacial score (nSPS) is 36.9. The van der Waals surface area contributed by atoms with Crippen LogP contribution in [0.15, 0.2) is 10.2 Å². The van der Waals surface area contributed by atoms with Gasteiger partial charge in [-0.3, -0.25) is 14.2 Å². The molecule has 114 valence electrons. The summed E-state index contributed by atoms with van der Waals surface area (Å²) in [6, 6.07) is 0.361. The Kier molecular flexibility index (Phi) is 3.21. The predicted octanol–water partition coefficient (Wildman–Crippen LogP) is 2.16. The van der Waals surface area contributed by atoms with Gasteiger partial charge in [-0.2, -0.15) is 0 Å². The average molecular weight is 306 g/mol. The minimum atomic E-state index is -0.0345. The van der Waals surface area contributed by atoms with Crippen molar-refractivity contribution in [2.24, 2.45) is 23.7 Å². The van der Waals surface area contributed by atoms with Crippen molar-refractivity contribution in [2.45, 2.75) is 51.6 Å². The highest BCUT2D eigenvalue weighted by atomic mass is 32.1. The zero-order chi connectivity index (χ0) is 14.6. The van der Waals surface area contributed by atoms with Crippen molar-refractivity contribution in [2.75, 3.05) is 0 Å². The van der Waals surface area contributed by atoms with E-state index in [9.17, 15) is 9.59 Å². The summed E-state index contributed by atoms with van der Waals surface area (Å²) in [5.41, 5.74) is 0.880. The van der Waals surface area contributed by atoms with E-state index in [1.807, 2.05) is 12.3 Å². The Morgan fingerprint density at radius 2 is 1.86 bits per heavy atom. The molecular formula is C16H22N2O2S. The van der Waals surface area contributed by atoms with Gasteiger partial charge in [0.2, 0.25) is 5.91 Å². The van der Waals surface area contributed by atoms with E-state index in [1.165, 1.54) is 43.4 Å². The lowest BCUT2D eigenvalue weighted by Gasteiger charge is -2.54. The van der Waals surface area contributed by atoms with E-state index in [4.69, 9.17) is 0 Å². The molecule has 0 unspecified atom stereocenters. The Labute approximate surface area is 128 Å². The van der Waals surface area contributed by atoms with Crippen LogP contribution < -0.4 is 10.2 Å². The van der Waals surface area contributed by atoms with Gasteiger partial charge in [-0.25, -0.2) is 0 Å². The molecule has 4 aliphatic rings. The summed E-state index contributed by atoms with van der Waals surface area (Å²) in [6.07, 6.45) is 6.63. The van der Waals surface area contributed by atoms with E-state index >= 15 is 0 Å². The fraction of sp³-hybridized carbons (Fsp3) is 0.750. The number of nitrogens with zero attached hydrogens (tertiary/aromatic N) is 1. The monoisotopic (exact) mass is 306 g/mol. The Bertz CT molecular complexity index is 590.